The van der Waals surface area contributed by atoms with Crippen LogP contribution in [0.25, 0.3) is 0 Å². The Kier molecular flexibility index (Phi) is 5.24. The number of sulfonamides is 1. The molecule has 0 spiro atoms. The van der Waals surface area contributed by atoms with Crippen LogP contribution < -0.4 is 4.74 Å². The standard InChI is InChI=1S/C10H14BrNO3S/c1-12(16(13,14)9-11)7-8-15-10-5-3-2-4-6-10/h2-6H,7-9H2,1H3. The number of ether oxygens (including phenoxy) is 1. The molecule has 0 saturated carbocycles. The third-order valence-electron chi connectivity index (χ3n) is 2.03. The van der Waals surface area contributed by atoms with Crippen molar-refractivity contribution in [3.8, 4) is 5.75 Å². The lowest BCUT2D eigenvalue weighted by Crippen LogP contribution is -2.31. The van der Waals surface area contributed by atoms with E-state index in [1.54, 1.807) is 0 Å². The van der Waals surface area contributed by atoms with E-state index in [1.807, 2.05) is 30.3 Å². The van der Waals surface area contributed by atoms with Crippen LogP contribution in [0.2, 0.25) is 0 Å². The molecule has 0 radical (unpaired) electrons. The topological polar surface area (TPSA) is 46.6 Å². The minimum absolute atomic E-state index is 0.0676. The molecule has 0 aliphatic rings. The zero-order valence-corrected chi connectivity index (χ0v) is 11.4. The van der Waals surface area contributed by atoms with Crippen molar-refractivity contribution in [2.45, 2.75) is 0 Å². The van der Waals surface area contributed by atoms with Gasteiger partial charge in [-0.25, -0.2) is 12.7 Å². The van der Waals surface area contributed by atoms with E-state index in [-0.39, 0.29) is 4.66 Å². The molecule has 4 nitrogen and oxygen atoms in total. The molecule has 0 aliphatic heterocycles. The molecule has 0 bridgehead atoms. The number of rotatable bonds is 6. The van der Waals surface area contributed by atoms with Gasteiger partial charge in [0.05, 0.1) is 0 Å². The third kappa shape index (κ3) is 4.11. The van der Waals surface area contributed by atoms with E-state index in [0.717, 1.165) is 5.75 Å². The smallest absolute Gasteiger partial charge is 0.224 e. The quantitative estimate of drug-likeness (QED) is 0.751. The second-order valence-corrected chi connectivity index (χ2v) is 6.58. The second-order valence-electron chi connectivity index (χ2n) is 3.20. The Balaban J connectivity index is 2.37. The SMILES string of the molecule is CN(CCOc1ccccc1)S(=O)(=O)CBr. The summed E-state index contributed by atoms with van der Waals surface area (Å²) in [6.07, 6.45) is 0. The molecule has 0 saturated heterocycles. The number of para-hydroxylation sites is 1. The van der Waals surface area contributed by atoms with Gasteiger partial charge in [0, 0.05) is 13.6 Å². The van der Waals surface area contributed by atoms with Crippen molar-refractivity contribution in [3.63, 3.8) is 0 Å². The number of likely N-dealkylation sites (N-methyl/N-ethyl adjacent to an activating group) is 1. The highest BCUT2D eigenvalue weighted by molar-refractivity contribution is 9.10. The molecule has 90 valence electrons. The Morgan fingerprint density at radius 1 is 1.31 bits per heavy atom. The van der Waals surface area contributed by atoms with Gasteiger partial charge in [-0.3, -0.25) is 0 Å². The Bertz CT molecular complexity index is 407. The van der Waals surface area contributed by atoms with Crippen molar-refractivity contribution in [3.05, 3.63) is 30.3 Å². The summed E-state index contributed by atoms with van der Waals surface area (Å²) in [5, 5.41) is 0. The fourth-order valence-corrected chi connectivity index (χ4v) is 2.60. The predicted molar refractivity (Wildman–Crippen MR) is 67.3 cm³/mol. The van der Waals surface area contributed by atoms with Gasteiger partial charge in [-0.05, 0) is 12.1 Å². The molecule has 16 heavy (non-hydrogen) atoms. The highest BCUT2D eigenvalue weighted by Crippen LogP contribution is 2.08. The first-order valence-corrected chi connectivity index (χ1v) is 7.47. The number of alkyl halides is 1. The maximum Gasteiger partial charge on any atom is 0.224 e. The summed E-state index contributed by atoms with van der Waals surface area (Å²) in [6, 6.07) is 9.30. The van der Waals surface area contributed by atoms with E-state index in [0.29, 0.717) is 13.2 Å². The molecule has 0 aromatic heterocycles. The summed E-state index contributed by atoms with van der Waals surface area (Å²) in [7, 11) is -1.65. The molecule has 1 aromatic carbocycles. The maximum atomic E-state index is 11.4. The Hall–Kier alpha value is -0.590. The van der Waals surface area contributed by atoms with Crippen LogP contribution in [0.1, 0.15) is 0 Å². The molecule has 0 fully saturated rings. The fourth-order valence-electron chi connectivity index (χ4n) is 1.03. The van der Waals surface area contributed by atoms with Crippen molar-refractivity contribution < 1.29 is 13.2 Å². The molecule has 6 heteroatoms. The van der Waals surface area contributed by atoms with Crippen molar-refractivity contribution in [1.82, 2.24) is 4.31 Å². The number of hydrogen-bond donors (Lipinski definition) is 0. The normalized spacial score (nSPS) is 11.7. The summed E-state index contributed by atoms with van der Waals surface area (Å²) in [4.78, 5) is 0. The van der Waals surface area contributed by atoms with Crippen LogP contribution in [0.4, 0.5) is 0 Å². The van der Waals surface area contributed by atoms with E-state index in [4.69, 9.17) is 4.74 Å². The number of hydrogen-bond acceptors (Lipinski definition) is 3. The van der Waals surface area contributed by atoms with Gasteiger partial charge in [-0.2, -0.15) is 0 Å². The van der Waals surface area contributed by atoms with E-state index < -0.39 is 10.0 Å². The third-order valence-corrected chi connectivity index (χ3v) is 5.17. The number of benzene rings is 1. The second kappa shape index (κ2) is 6.22. The molecule has 0 unspecified atom stereocenters. The van der Waals surface area contributed by atoms with Crippen LogP contribution in [0.3, 0.4) is 0 Å². The summed E-state index contributed by atoms with van der Waals surface area (Å²) in [5.41, 5.74) is 0. The fraction of sp³-hybridized carbons (Fsp3) is 0.400. The molecular weight excluding hydrogens is 294 g/mol. The first-order valence-electron chi connectivity index (χ1n) is 4.74. The molecule has 0 aliphatic carbocycles. The summed E-state index contributed by atoms with van der Waals surface area (Å²) in [6.45, 7) is 0.676. The van der Waals surface area contributed by atoms with E-state index in [2.05, 4.69) is 15.9 Å². The lowest BCUT2D eigenvalue weighted by atomic mass is 10.3. The Labute approximate surface area is 104 Å². The highest BCUT2D eigenvalue weighted by Gasteiger charge is 2.15. The van der Waals surface area contributed by atoms with E-state index in [1.165, 1.54) is 11.4 Å². The molecule has 0 amide bonds. The van der Waals surface area contributed by atoms with Crippen LogP contribution in [-0.4, -0.2) is 37.6 Å². The molecular formula is C10H14BrNO3S. The van der Waals surface area contributed by atoms with Crippen molar-refractivity contribution in [1.29, 1.82) is 0 Å². The van der Waals surface area contributed by atoms with Crippen molar-refractivity contribution >= 4 is 26.0 Å². The van der Waals surface area contributed by atoms with Gasteiger partial charge in [0.2, 0.25) is 10.0 Å². The van der Waals surface area contributed by atoms with Crippen molar-refractivity contribution in [2.75, 3.05) is 24.9 Å². The largest absolute Gasteiger partial charge is 0.492 e. The lowest BCUT2D eigenvalue weighted by molar-refractivity contribution is 0.287. The molecule has 0 N–H and O–H groups in total. The molecule has 1 aromatic rings. The molecule has 0 heterocycles. The number of halogens is 1. The Morgan fingerprint density at radius 2 is 1.94 bits per heavy atom. The first kappa shape index (κ1) is 13.5. The summed E-state index contributed by atoms with van der Waals surface area (Å²) >= 11 is 2.94. The summed E-state index contributed by atoms with van der Waals surface area (Å²) in [5.74, 6) is 0.743. The maximum absolute atomic E-state index is 11.4. The Morgan fingerprint density at radius 3 is 2.50 bits per heavy atom. The van der Waals surface area contributed by atoms with Crippen LogP contribution in [0.5, 0.6) is 5.75 Å². The average Bonchev–Trinajstić information content (AvgIpc) is 2.30. The van der Waals surface area contributed by atoms with Crippen LogP contribution in [0.15, 0.2) is 30.3 Å². The predicted octanol–water partition coefficient (Wildman–Crippen LogP) is 1.68. The van der Waals surface area contributed by atoms with Gasteiger partial charge in [0.25, 0.3) is 0 Å². The van der Waals surface area contributed by atoms with Gasteiger partial charge >= 0.3 is 0 Å². The zero-order valence-electron chi connectivity index (χ0n) is 8.97. The van der Waals surface area contributed by atoms with Gasteiger partial charge in [-0.15, -0.1) is 0 Å². The van der Waals surface area contributed by atoms with E-state index >= 15 is 0 Å². The lowest BCUT2D eigenvalue weighted by Gasteiger charge is -2.15. The van der Waals surface area contributed by atoms with Gasteiger partial charge < -0.3 is 4.74 Å². The van der Waals surface area contributed by atoms with Gasteiger partial charge in [-0.1, -0.05) is 34.1 Å². The van der Waals surface area contributed by atoms with Crippen LogP contribution in [0, 0.1) is 0 Å². The first-order chi connectivity index (χ1) is 7.56. The molecule has 0 atom stereocenters. The monoisotopic (exact) mass is 307 g/mol. The van der Waals surface area contributed by atoms with Gasteiger partial charge in [0.15, 0.2) is 0 Å². The van der Waals surface area contributed by atoms with Crippen LogP contribution in [-0.2, 0) is 10.0 Å². The summed E-state index contributed by atoms with van der Waals surface area (Å²) < 4.78 is 29.3. The highest BCUT2D eigenvalue weighted by atomic mass is 79.9. The minimum Gasteiger partial charge on any atom is -0.492 e. The molecule has 1 rings (SSSR count). The number of nitrogens with zero attached hydrogens (tertiary/aromatic N) is 1. The van der Waals surface area contributed by atoms with Crippen molar-refractivity contribution in [2.24, 2.45) is 0 Å². The zero-order chi connectivity index (χ0) is 12.0. The van der Waals surface area contributed by atoms with Crippen LogP contribution >= 0.6 is 15.9 Å². The van der Waals surface area contributed by atoms with Gasteiger partial charge in [0.1, 0.15) is 17.0 Å². The minimum atomic E-state index is -3.18. The average molecular weight is 308 g/mol. The van der Waals surface area contributed by atoms with E-state index in [9.17, 15) is 8.42 Å².